The van der Waals surface area contributed by atoms with Crippen molar-refractivity contribution >= 4 is 45.6 Å². The van der Waals surface area contributed by atoms with Gasteiger partial charge in [0, 0.05) is 12.1 Å². The Labute approximate surface area is 214 Å². The molecule has 5 rings (SSSR count). The summed E-state index contributed by atoms with van der Waals surface area (Å²) in [5.74, 6) is 0.701. The van der Waals surface area contributed by atoms with Crippen LogP contribution in [0.2, 0.25) is 4.34 Å². The number of hydrogen-bond acceptors (Lipinski definition) is 10. The first kappa shape index (κ1) is 24.8. The summed E-state index contributed by atoms with van der Waals surface area (Å²) in [5, 5.41) is 43.9. The first-order chi connectivity index (χ1) is 16.9. The molecule has 1 saturated carbocycles. The van der Waals surface area contributed by atoms with Crippen LogP contribution in [0.3, 0.4) is 0 Å². The Kier molecular flexibility index (Phi) is 6.14. The van der Waals surface area contributed by atoms with E-state index in [1.165, 1.54) is 28.3 Å². The largest absolute Gasteiger partial charge is 0.386 e. The highest BCUT2D eigenvalue weighted by molar-refractivity contribution is 7.18. The number of rotatable bonds is 6. The summed E-state index contributed by atoms with van der Waals surface area (Å²) in [5.41, 5.74) is -0.359. The molecule has 0 atom stereocenters. The number of imidazole rings is 1. The van der Waals surface area contributed by atoms with Crippen LogP contribution in [0.15, 0.2) is 35.4 Å². The van der Waals surface area contributed by atoms with Crippen molar-refractivity contribution < 1.29 is 20.4 Å². The Hall–Kier alpha value is -2.87. The second-order valence-corrected chi connectivity index (χ2v) is 11.0. The van der Waals surface area contributed by atoms with E-state index in [1.54, 1.807) is 32.0 Å². The molecule has 36 heavy (non-hydrogen) atoms. The summed E-state index contributed by atoms with van der Waals surface area (Å²) < 4.78 is 2.48. The van der Waals surface area contributed by atoms with Crippen molar-refractivity contribution in [3.63, 3.8) is 0 Å². The molecular formula is C23H25ClN6O5S. The highest BCUT2D eigenvalue weighted by Crippen LogP contribution is 2.34. The number of fused-ring (bicyclic) bond motifs is 1. The highest BCUT2D eigenvalue weighted by Gasteiger charge is 2.32. The van der Waals surface area contributed by atoms with E-state index in [-0.39, 0.29) is 11.6 Å². The van der Waals surface area contributed by atoms with E-state index in [0.29, 0.717) is 42.3 Å². The van der Waals surface area contributed by atoms with Crippen LogP contribution in [-0.4, -0.2) is 44.5 Å². The van der Waals surface area contributed by atoms with Crippen molar-refractivity contribution in [1.82, 2.24) is 24.1 Å². The van der Waals surface area contributed by atoms with Crippen LogP contribution in [-0.2, 0) is 11.7 Å². The number of halogens is 1. The van der Waals surface area contributed by atoms with Gasteiger partial charge in [-0.15, -0.1) is 11.3 Å². The number of hydrogen-bond donors (Lipinski definition) is 5. The minimum atomic E-state index is -3.37. The molecule has 190 valence electrons. The Morgan fingerprint density at radius 3 is 2.36 bits per heavy atom. The summed E-state index contributed by atoms with van der Waals surface area (Å²) >= 11 is 7.31. The van der Waals surface area contributed by atoms with Crippen molar-refractivity contribution in [2.45, 2.75) is 57.3 Å². The highest BCUT2D eigenvalue weighted by atomic mass is 35.5. The van der Waals surface area contributed by atoms with Crippen molar-refractivity contribution in [3.05, 3.63) is 51.0 Å². The van der Waals surface area contributed by atoms with Gasteiger partial charge >= 0.3 is 11.8 Å². The Morgan fingerprint density at radius 2 is 1.75 bits per heavy atom. The molecule has 0 amide bonds. The predicted octanol–water partition coefficient (Wildman–Crippen LogP) is 3.00. The monoisotopic (exact) mass is 532 g/mol. The van der Waals surface area contributed by atoms with E-state index in [0.717, 1.165) is 25.7 Å². The molecule has 1 aliphatic rings. The van der Waals surface area contributed by atoms with Crippen molar-refractivity contribution in [1.29, 1.82) is 0 Å². The van der Waals surface area contributed by atoms with Crippen LogP contribution >= 0.6 is 22.9 Å². The maximum Gasteiger partial charge on any atom is 0.377 e. The number of aromatic nitrogens is 5. The van der Waals surface area contributed by atoms with Crippen LogP contribution in [0.1, 0.15) is 51.1 Å². The smallest absolute Gasteiger partial charge is 0.377 e. The molecule has 1 fully saturated rings. The maximum absolute atomic E-state index is 13.1. The molecule has 0 saturated heterocycles. The number of nitrogens with one attached hydrogen (secondary N) is 1. The van der Waals surface area contributed by atoms with Crippen LogP contribution in [0.5, 0.6) is 0 Å². The van der Waals surface area contributed by atoms with E-state index in [2.05, 4.69) is 20.3 Å². The van der Waals surface area contributed by atoms with Gasteiger partial charge in [-0.1, -0.05) is 24.4 Å². The lowest BCUT2D eigenvalue weighted by Gasteiger charge is -2.19. The predicted molar refractivity (Wildman–Crippen MR) is 135 cm³/mol. The van der Waals surface area contributed by atoms with E-state index >= 15 is 0 Å². The van der Waals surface area contributed by atoms with Gasteiger partial charge in [-0.25, -0.2) is 24.3 Å². The summed E-state index contributed by atoms with van der Waals surface area (Å²) in [7, 11) is 0. The molecule has 4 aromatic rings. The molecule has 0 unspecified atom stereocenters. The lowest BCUT2D eigenvalue weighted by molar-refractivity contribution is -0.374. The lowest BCUT2D eigenvalue weighted by atomic mass is 9.98. The molecule has 0 aliphatic heterocycles. The molecule has 0 spiro atoms. The van der Waals surface area contributed by atoms with Gasteiger partial charge in [0.15, 0.2) is 0 Å². The first-order valence-electron chi connectivity index (χ1n) is 11.4. The fourth-order valence-corrected chi connectivity index (χ4v) is 5.42. The number of nitrogens with zero attached hydrogens (tertiary/aromatic N) is 5. The zero-order valence-corrected chi connectivity index (χ0v) is 21.1. The first-order valence-corrected chi connectivity index (χ1v) is 12.6. The Balaban J connectivity index is 1.62. The number of anilines is 2. The molecule has 4 aromatic heterocycles. The van der Waals surface area contributed by atoms with Crippen molar-refractivity contribution in [3.8, 4) is 10.7 Å². The standard InChI is InChI=1S/C23H25ClN6O5S/c1-22(2,32)12-7-14(20-26-11-17(24)36-20)27-19(8-12)28-18-9-15-16(10-25-18)30(23(33,34)35)21(31)29(15)13-5-3-4-6-13/h7-11,13,32-35H,3-6H2,1-2H3,(H,25,27,28). The quantitative estimate of drug-likeness (QED) is 0.235. The average molecular weight is 533 g/mol. The zero-order chi connectivity index (χ0) is 25.8. The van der Waals surface area contributed by atoms with Gasteiger partial charge in [0.1, 0.15) is 26.7 Å². The van der Waals surface area contributed by atoms with Gasteiger partial charge in [-0.3, -0.25) is 4.57 Å². The van der Waals surface area contributed by atoms with Gasteiger partial charge in [0.25, 0.3) is 0 Å². The summed E-state index contributed by atoms with van der Waals surface area (Å²) in [4.78, 5) is 26.3. The Bertz CT molecular complexity index is 1490. The third-order valence-electron chi connectivity index (χ3n) is 6.23. The summed E-state index contributed by atoms with van der Waals surface area (Å²) in [6.45, 7) is 3.31. The van der Waals surface area contributed by atoms with Crippen molar-refractivity contribution in [2.24, 2.45) is 0 Å². The van der Waals surface area contributed by atoms with Gasteiger partial charge in [-0.05, 0) is 44.4 Å². The van der Waals surface area contributed by atoms with Gasteiger partial charge in [0.2, 0.25) is 0 Å². The van der Waals surface area contributed by atoms with Crippen LogP contribution in [0.25, 0.3) is 21.7 Å². The molecule has 4 heterocycles. The Morgan fingerprint density at radius 1 is 1.03 bits per heavy atom. The fourth-order valence-electron chi connectivity index (χ4n) is 4.55. The molecule has 0 bridgehead atoms. The molecular weight excluding hydrogens is 508 g/mol. The van der Waals surface area contributed by atoms with E-state index in [9.17, 15) is 25.2 Å². The zero-order valence-electron chi connectivity index (χ0n) is 19.5. The van der Waals surface area contributed by atoms with E-state index in [1.807, 2.05) is 0 Å². The lowest BCUT2D eigenvalue weighted by Crippen LogP contribution is -2.41. The third-order valence-corrected chi connectivity index (χ3v) is 7.37. The number of pyridine rings is 2. The maximum atomic E-state index is 13.1. The third kappa shape index (κ3) is 4.63. The summed E-state index contributed by atoms with van der Waals surface area (Å²) in [6.07, 6.45) is 2.84. The molecule has 1 aliphatic carbocycles. The minimum Gasteiger partial charge on any atom is -0.386 e. The van der Waals surface area contributed by atoms with Gasteiger partial charge in [-0.2, -0.15) is 0 Å². The normalized spacial score (nSPS) is 15.2. The van der Waals surface area contributed by atoms with E-state index < -0.39 is 17.4 Å². The molecule has 11 nitrogen and oxygen atoms in total. The second kappa shape index (κ2) is 8.91. The molecule has 13 heteroatoms. The molecule has 0 aromatic carbocycles. The minimum absolute atomic E-state index is 0.0706. The topological polar surface area (TPSA) is 159 Å². The van der Waals surface area contributed by atoms with Crippen LogP contribution < -0.4 is 11.0 Å². The van der Waals surface area contributed by atoms with E-state index in [4.69, 9.17) is 11.6 Å². The van der Waals surface area contributed by atoms with Gasteiger partial charge < -0.3 is 25.7 Å². The van der Waals surface area contributed by atoms with Gasteiger partial charge in [0.05, 0.1) is 29.0 Å². The summed E-state index contributed by atoms with van der Waals surface area (Å²) in [6, 6.07) is 4.87. The number of thiazole rings is 1. The van der Waals surface area contributed by atoms with Crippen LogP contribution in [0, 0.1) is 0 Å². The van der Waals surface area contributed by atoms with Crippen LogP contribution in [0.4, 0.5) is 11.6 Å². The average Bonchev–Trinajstić information content (AvgIpc) is 3.51. The number of aliphatic hydroxyl groups is 4. The van der Waals surface area contributed by atoms with Crippen molar-refractivity contribution in [2.75, 3.05) is 5.32 Å². The molecule has 0 radical (unpaired) electrons. The fraction of sp³-hybridized carbons (Fsp3) is 0.391. The second-order valence-electron chi connectivity index (χ2n) is 9.36. The SMILES string of the molecule is CC(C)(O)c1cc(Nc2cc3c(cn2)n(C(O)(O)O)c(=O)n3C2CCCC2)nc(-c2ncc(Cl)s2)c1. The molecule has 5 N–H and O–H groups in total.